The molecule has 0 radical (unpaired) electrons. The number of rotatable bonds is 4. The molecule has 0 fully saturated rings. The number of oxazole rings is 2. The summed E-state index contributed by atoms with van der Waals surface area (Å²) < 4.78 is 39.5. The van der Waals surface area contributed by atoms with Crippen LogP contribution in [0.5, 0.6) is 0 Å². The van der Waals surface area contributed by atoms with E-state index in [1.165, 1.54) is 25.1 Å². The summed E-state index contributed by atoms with van der Waals surface area (Å²) in [4.78, 5) is 30.4. The molecule has 0 spiro atoms. The van der Waals surface area contributed by atoms with Gasteiger partial charge in [0.1, 0.15) is 11.1 Å². The van der Waals surface area contributed by atoms with Gasteiger partial charge in [-0.2, -0.15) is 0 Å². The van der Waals surface area contributed by atoms with E-state index in [-0.39, 0.29) is 18.3 Å². The Morgan fingerprint density at radius 3 is 2.85 bits per heavy atom. The van der Waals surface area contributed by atoms with Crippen molar-refractivity contribution in [3.63, 3.8) is 0 Å². The van der Waals surface area contributed by atoms with Crippen LogP contribution in [0.4, 0.5) is 8.78 Å². The molecule has 3 aromatic heterocycles. The number of H-pyrrole nitrogens is 1. The number of imidazole rings is 1. The summed E-state index contributed by atoms with van der Waals surface area (Å²) in [5, 5.41) is 10.2. The van der Waals surface area contributed by atoms with Crippen LogP contribution < -0.4 is 0 Å². The minimum absolute atomic E-state index is 0.169. The zero-order valence-corrected chi connectivity index (χ0v) is 19.1. The summed E-state index contributed by atoms with van der Waals surface area (Å²) in [6.45, 7) is 2.83. The smallest absolute Gasteiger partial charge is 0.292 e. The lowest BCUT2D eigenvalue weighted by atomic mass is 10.0. The number of hydrogen-bond acceptors (Lipinski definition) is 7. The first-order valence-corrected chi connectivity index (χ1v) is 10.8. The van der Waals surface area contributed by atoms with E-state index in [0.717, 1.165) is 10.2 Å². The van der Waals surface area contributed by atoms with Crippen LogP contribution in [0.25, 0.3) is 11.1 Å². The van der Waals surface area contributed by atoms with Gasteiger partial charge < -0.3 is 23.8 Å². The number of aromatic nitrogens is 4. The van der Waals surface area contributed by atoms with Crippen molar-refractivity contribution in [2.24, 2.45) is 0 Å². The van der Waals surface area contributed by atoms with E-state index in [1.807, 2.05) is 0 Å². The number of benzene rings is 1. The van der Waals surface area contributed by atoms with Crippen LogP contribution in [0.3, 0.4) is 0 Å². The fraction of sp³-hybridized carbons (Fsp3) is 0.333. The molecule has 4 aromatic rings. The molecule has 1 atom stereocenters. The first-order valence-electron chi connectivity index (χ1n) is 10.0. The number of nitrogens with zero attached hydrogens (tertiary/aromatic N) is 4. The van der Waals surface area contributed by atoms with Gasteiger partial charge >= 0.3 is 0 Å². The van der Waals surface area contributed by atoms with Crippen molar-refractivity contribution in [3.8, 4) is 0 Å². The van der Waals surface area contributed by atoms with Crippen molar-refractivity contribution >= 4 is 32.9 Å². The molecule has 33 heavy (non-hydrogen) atoms. The second-order valence-electron chi connectivity index (χ2n) is 8.17. The fourth-order valence-corrected chi connectivity index (χ4v) is 4.16. The molecule has 0 saturated heterocycles. The number of carbonyl (C=O) groups excluding carboxylic acids is 1. The van der Waals surface area contributed by atoms with Gasteiger partial charge in [0.25, 0.3) is 12.3 Å². The number of aromatic amines is 1. The van der Waals surface area contributed by atoms with Crippen LogP contribution in [0.1, 0.15) is 65.7 Å². The number of halogens is 3. The molecule has 9 nitrogen and oxygen atoms in total. The zero-order valence-electron chi connectivity index (χ0n) is 17.5. The van der Waals surface area contributed by atoms with Crippen molar-refractivity contribution in [1.82, 2.24) is 24.8 Å². The number of fused-ring (bicyclic) bond motifs is 2. The number of hydrogen-bond donors (Lipinski definition) is 2. The average molecular weight is 522 g/mol. The summed E-state index contributed by atoms with van der Waals surface area (Å²) in [5.74, 6) is -1.65. The predicted molar refractivity (Wildman–Crippen MR) is 114 cm³/mol. The molecular weight excluding hydrogens is 504 g/mol. The minimum Gasteiger partial charge on any atom is -0.438 e. The largest absolute Gasteiger partial charge is 0.438 e. The third-order valence-electron chi connectivity index (χ3n) is 5.36. The van der Waals surface area contributed by atoms with E-state index < -0.39 is 35.4 Å². The highest BCUT2D eigenvalue weighted by Gasteiger charge is 2.41. The summed E-state index contributed by atoms with van der Waals surface area (Å²) in [5.41, 5.74) is -0.123. The first kappa shape index (κ1) is 21.7. The number of aliphatic hydroxyl groups is 1. The summed E-state index contributed by atoms with van der Waals surface area (Å²) >= 11 is 3.39. The number of nitrogens with one attached hydrogen (secondary N) is 1. The topological polar surface area (TPSA) is 121 Å². The normalized spacial score (nSPS) is 16.6. The van der Waals surface area contributed by atoms with E-state index in [2.05, 4.69) is 35.9 Å². The van der Waals surface area contributed by atoms with E-state index in [0.29, 0.717) is 23.2 Å². The van der Waals surface area contributed by atoms with Gasteiger partial charge in [-0.3, -0.25) is 4.79 Å². The van der Waals surface area contributed by atoms with Gasteiger partial charge in [0.05, 0.1) is 12.0 Å². The Morgan fingerprint density at radius 2 is 2.12 bits per heavy atom. The maximum absolute atomic E-state index is 13.7. The Labute approximate surface area is 194 Å². The van der Waals surface area contributed by atoms with E-state index in [9.17, 15) is 18.7 Å². The molecule has 1 aromatic carbocycles. The quantitative estimate of drug-likeness (QED) is 0.411. The van der Waals surface area contributed by atoms with Crippen LogP contribution in [-0.4, -0.2) is 42.4 Å². The highest BCUT2D eigenvalue weighted by Crippen LogP contribution is 2.37. The molecule has 1 aliphatic rings. The maximum Gasteiger partial charge on any atom is 0.292 e. The van der Waals surface area contributed by atoms with Crippen LogP contribution in [0.15, 0.2) is 37.8 Å². The van der Waals surface area contributed by atoms with Crippen LogP contribution in [-0.2, 0) is 12.0 Å². The lowest BCUT2D eigenvalue weighted by Crippen LogP contribution is -2.41. The first-order chi connectivity index (χ1) is 15.6. The predicted octanol–water partition coefficient (Wildman–Crippen LogP) is 4.25. The molecule has 5 rings (SSSR count). The summed E-state index contributed by atoms with van der Waals surface area (Å²) in [6, 6.07) is 4.42. The van der Waals surface area contributed by atoms with E-state index in [4.69, 9.17) is 8.83 Å². The van der Waals surface area contributed by atoms with Crippen molar-refractivity contribution in [2.75, 3.05) is 6.54 Å². The number of carbonyl (C=O) groups is 1. The monoisotopic (exact) mass is 521 g/mol. The molecule has 1 aliphatic heterocycles. The highest BCUT2D eigenvalue weighted by atomic mass is 79.9. The standard InChI is InChI=1S/C21H18BrF2N5O4/c1-21(2,31)20-28-14(17(23)24)16(33-20)19(30)29-6-5-10-13(26-8-25-10)15(29)18-27-11-7-9(22)3-4-12(11)32-18/h3-4,7-8,15,17,31H,5-6H2,1-2H3,(H,25,26)/t15-/m0/s1. The van der Waals surface area contributed by atoms with Gasteiger partial charge in [-0.15, -0.1) is 0 Å². The van der Waals surface area contributed by atoms with Crippen LogP contribution in [0.2, 0.25) is 0 Å². The number of amides is 1. The Hall–Kier alpha value is -3.12. The molecule has 4 heterocycles. The number of alkyl halides is 2. The van der Waals surface area contributed by atoms with Gasteiger partial charge in [-0.1, -0.05) is 15.9 Å². The van der Waals surface area contributed by atoms with Gasteiger partial charge in [-0.05, 0) is 32.0 Å². The molecule has 2 N–H and O–H groups in total. The SMILES string of the molecule is CC(C)(O)c1nc(C(F)F)c(C(=O)N2CCc3[nH]cnc3[C@H]2c2nc3cc(Br)ccc3o2)o1. The third-order valence-corrected chi connectivity index (χ3v) is 5.86. The zero-order chi connectivity index (χ0) is 23.5. The lowest BCUT2D eigenvalue weighted by molar-refractivity contribution is 0.0436. The molecule has 0 aliphatic carbocycles. The average Bonchev–Trinajstić information content (AvgIpc) is 3.48. The maximum atomic E-state index is 13.7. The van der Waals surface area contributed by atoms with Crippen molar-refractivity contribution in [2.45, 2.75) is 38.3 Å². The summed E-state index contributed by atoms with van der Waals surface area (Å²) in [7, 11) is 0. The Balaban J connectivity index is 1.62. The minimum atomic E-state index is -3.07. The second-order valence-corrected chi connectivity index (χ2v) is 9.09. The molecule has 0 bridgehead atoms. The van der Waals surface area contributed by atoms with E-state index in [1.54, 1.807) is 18.2 Å². The van der Waals surface area contributed by atoms with Gasteiger partial charge in [0.15, 0.2) is 17.3 Å². The van der Waals surface area contributed by atoms with Crippen molar-refractivity contribution in [3.05, 3.63) is 63.6 Å². The molecule has 1 amide bonds. The third kappa shape index (κ3) is 3.72. The Kier molecular flexibility index (Phi) is 5.09. The van der Waals surface area contributed by atoms with Gasteiger partial charge in [0.2, 0.25) is 17.5 Å². The second kappa shape index (κ2) is 7.73. The summed E-state index contributed by atoms with van der Waals surface area (Å²) in [6.07, 6.45) is -1.16. The molecule has 12 heteroatoms. The lowest BCUT2D eigenvalue weighted by Gasteiger charge is -2.32. The van der Waals surface area contributed by atoms with Crippen molar-refractivity contribution < 1.29 is 27.5 Å². The fourth-order valence-electron chi connectivity index (χ4n) is 3.81. The molecular formula is C21H18BrF2N5O4. The van der Waals surface area contributed by atoms with Crippen LogP contribution in [0, 0.1) is 0 Å². The highest BCUT2D eigenvalue weighted by molar-refractivity contribution is 9.10. The Morgan fingerprint density at radius 1 is 1.33 bits per heavy atom. The van der Waals surface area contributed by atoms with Crippen LogP contribution >= 0.6 is 15.9 Å². The van der Waals surface area contributed by atoms with E-state index >= 15 is 0 Å². The van der Waals surface area contributed by atoms with Gasteiger partial charge in [-0.25, -0.2) is 23.7 Å². The van der Waals surface area contributed by atoms with Gasteiger partial charge in [0, 0.05) is 23.1 Å². The molecule has 0 unspecified atom stereocenters. The Bertz CT molecular complexity index is 1360. The molecule has 172 valence electrons. The van der Waals surface area contributed by atoms with Crippen molar-refractivity contribution in [1.29, 1.82) is 0 Å². The molecule has 0 saturated carbocycles.